The lowest BCUT2D eigenvalue weighted by molar-refractivity contribution is 0.102. The van der Waals surface area contributed by atoms with Crippen LogP contribution in [0.4, 0.5) is 0 Å². The van der Waals surface area contributed by atoms with Crippen molar-refractivity contribution in [3.8, 4) is 11.5 Å². The van der Waals surface area contributed by atoms with Crippen molar-refractivity contribution in [1.29, 1.82) is 0 Å². The molecule has 1 aliphatic carbocycles. The van der Waals surface area contributed by atoms with Crippen LogP contribution in [0.5, 0.6) is 11.5 Å². The van der Waals surface area contributed by atoms with Gasteiger partial charge in [0, 0.05) is 16.7 Å². The van der Waals surface area contributed by atoms with E-state index in [0.29, 0.717) is 0 Å². The monoisotopic (exact) mass is 294 g/mol. The smallest absolute Gasteiger partial charge is 0.189 e. The summed E-state index contributed by atoms with van der Waals surface area (Å²) in [5.41, 5.74) is 3.61. The average Bonchev–Trinajstić information content (AvgIpc) is 2.57. The van der Waals surface area contributed by atoms with Crippen LogP contribution in [0.2, 0.25) is 0 Å². The number of carbonyl (C=O) groups is 1. The molecule has 3 heteroatoms. The minimum Gasteiger partial charge on any atom is -0.497 e. The minimum absolute atomic E-state index is 0.103. The van der Waals surface area contributed by atoms with Gasteiger partial charge < -0.3 is 9.47 Å². The lowest BCUT2D eigenvalue weighted by Crippen LogP contribution is -2.13. The van der Waals surface area contributed by atoms with Crippen LogP contribution in [0.3, 0.4) is 0 Å². The van der Waals surface area contributed by atoms with Gasteiger partial charge in [-0.2, -0.15) is 0 Å². The molecule has 0 saturated heterocycles. The molecule has 112 valence electrons. The van der Waals surface area contributed by atoms with E-state index in [1.165, 1.54) is 0 Å². The topological polar surface area (TPSA) is 35.5 Å². The Morgan fingerprint density at radius 1 is 1.00 bits per heavy atom. The number of fused-ring (bicyclic) bond motifs is 1. The standard InChI is InChI=1S/C19H18O3/c1-21-16-9-10-18(22-2)15(12-16)11-14-8-7-13-5-3-4-6-17(13)19(14)20/h3-6,9-12H,7-8H2,1-2H3/b14-11-. The lowest BCUT2D eigenvalue weighted by Gasteiger charge is -2.17. The van der Waals surface area contributed by atoms with Crippen LogP contribution in [-0.4, -0.2) is 20.0 Å². The molecule has 3 rings (SSSR count). The Kier molecular flexibility index (Phi) is 3.96. The van der Waals surface area contributed by atoms with Crippen molar-refractivity contribution in [2.45, 2.75) is 12.8 Å². The summed E-state index contributed by atoms with van der Waals surface area (Å²) in [6.07, 6.45) is 3.55. The highest BCUT2D eigenvalue weighted by Gasteiger charge is 2.21. The Hall–Kier alpha value is -2.55. The molecular weight excluding hydrogens is 276 g/mol. The maximum atomic E-state index is 12.6. The van der Waals surface area contributed by atoms with Crippen LogP contribution in [0.1, 0.15) is 27.9 Å². The second-order valence-electron chi connectivity index (χ2n) is 5.26. The third kappa shape index (κ3) is 2.62. The zero-order valence-electron chi connectivity index (χ0n) is 12.8. The first-order valence-corrected chi connectivity index (χ1v) is 7.28. The van der Waals surface area contributed by atoms with Gasteiger partial charge >= 0.3 is 0 Å². The van der Waals surface area contributed by atoms with E-state index >= 15 is 0 Å². The number of carbonyl (C=O) groups excluding carboxylic acids is 1. The van der Waals surface area contributed by atoms with Crippen molar-refractivity contribution in [3.05, 3.63) is 64.7 Å². The van der Waals surface area contributed by atoms with E-state index in [1.807, 2.05) is 48.5 Å². The number of benzene rings is 2. The average molecular weight is 294 g/mol. The first-order valence-electron chi connectivity index (χ1n) is 7.28. The fourth-order valence-electron chi connectivity index (χ4n) is 2.79. The summed E-state index contributed by atoms with van der Waals surface area (Å²) in [4.78, 5) is 12.6. The highest BCUT2D eigenvalue weighted by Crippen LogP contribution is 2.30. The van der Waals surface area contributed by atoms with Gasteiger partial charge in [-0.25, -0.2) is 0 Å². The van der Waals surface area contributed by atoms with E-state index in [4.69, 9.17) is 9.47 Å². The fourth-order valence-corrected chi connectivity index (χ4v) is 2.79. The number of methoxy groups -OCH3 is 2. The molecule has 0 N–H and O–H groups in total. The second-order valence-corrected chi connectivity index (χ2v) is 5.26. The number of allylic oxidation sites excluding steroid dienone is 1. The predicted molar refractivity (Wildman–Crippen MR) is 86.6 cm³/mol. The maximum absolute atomic E-state index is 12.6. The third-order valence-corrected chi connectivity index (χ3v) is 3.98. The van der Waals surface area contributed by atoms with Gasteiger partial charge in [-0.05, 0) is 42.7 Å². The summed E-state index contributed by atoms with van der Waals surface area (Å²) >= 11 is 0. The molecule has 0 amide bonds. The zero-order chi connectivity index (χ0) is 15.5. The highest BCUT2D eigenvalue weighted by atomic mass is 16.5. The number of ether oxygens (including phenoxy) is 2. The minimum atomic E-state index is 0.103. The molecular formula is C19H18O3. The first kappa shape index (κ1) is 14.4. The number of aryl methyl sites for hydroxylation is 1. The molecule has 0 aliphatic heterocycles. The molecule has 0 fully saturated rings. The van der Waals surface area contributed by atoms with Gasteiger partial charge in [-0.1, -0.05) is 24.3 Å². The molecule has 0 saturated carbocycles. The Bertz CT molecular complexity index is 744. The van der Waals surface area contributed by atoms with Gasteiger partial charge in [0.25, 0.3) is 0 Å². The largest absolute Gasteiger partial charge is 0.497 e. The number of hydrogen-bond acceptors (Lipinski definition) is 3. The normalized spacial score (nSPS) is 15.5. The summed E-state index contributed by atoms with van der Waals surface area (Å²) < 4.78 is 10.6. The number of ketones is 1. The Labute approximate surface area is 130 Å². The summed E-state index contributed by atoms with van der Waals surface area (Å²) in [7, 11) is 3.25. The van der Waals surface area contributed by atoms with E-state index < -0.39 is 0 Å². The van der Waals surface area contributed by atoms with E-state index in [1.54, 1.807) is 14.2 Å². The third-order valence-electron chi connectivity index (χ3n) is 3.98. The molecule has 0 unspecified atom stereocenters. The zero-order valence-corrected chi connectivity index (χ0v) is 12.8. The van der Waals surface area contributed by atoms with Crippen molar-refractivity contribution < 1.29 is 14.3 Å². The van der Waals surface area contributed by atoms with E-state index in [0.717, 1.165) is 46.6 Å². The molecule has 2 aromatic rings. The SMILES string of the molecule is COc1ccc(OC)c(/C=C2/CCc3ccccc3C2=O)c1. The van der Waals surface area contributed by atoms with Crippen molar-refractivity contribution >= 4 is 11.9 Å². The van der Waals surface area contributed by atoms with Gasteiger partial charge in [0.1, 0.15) is 11.5 Å². The van der Waals surface area contributed by atoms with Crippen molar-refractivity contribution in [3.63, 3.8) is 0 Å². The summed E-state index contributed by atoms with van der Waals surface area (Å²) in [6.45, 7) is 0. The van der Waals surface area contributed by atoms with Crippen molar-refractivity contribution in [1.82, 2.24) is 0 Å². The van der Waals surface area contributed by atoms with E-state index in [2.05, 4.69) is 0 Å². The quantitative estimate of drug-likeness (QED) is 0.805. The molecule has 0 atom stereocenters. The van der Waals surface area contributed by atoms with Gasteiger partial charge in [-0.15, -0.1) is 0 Å². The van der Waals surface area contributed by atoms with Crippen molar-refractivity contribution in [2.24, 2.45) is 0 Å². The van der Waals surface area contributed by atoms with Gasteiger partial charge in [0.05, 0.1) is 14.2 Å². The van der Waals surface area contributed by atoms with Crippen LogP contribution < -0.4 is 9.47 Å². The van der Waals surface area contributed by atoms with Crippen LogP contribution in [0.15, 0.2) is 48.0 Å². The first-order chi connectivity index (χ1) is 10.7. The molecule has 0 radical (unpaired) electrons. The van der Waals surface area contributed by atoms with Gasteiger partial charge in [-0.3, -0.25) is 4.79 Å². The molecule has 2 aromatic carbocycles. The lowest BCUT2D eigenvalue weighted by atomic mass is 9.86. The summed E-state index contributed by atoms with van der Waals surface area (Å²) in [6, 6.07) is 13.4. The molecule has 0 bridgehead atoms. The van der Waals surface area contributed by atoms with Gasteiger partial charge in [0.2, 0.25) is 0 Å². The number of hydrogen-bond donors (Lipinski definition) is 0. The van der Waals surface area contributed by atoms with Crippen LogP contribution in [0, 0.1) is 0 Å². The number of Topliss-reactive ketones (excluding diaryl/α,β-unsaturated/α-hetero) is 1. The molecule has 0 heterocycles. The molecule has 0 aromatic heterocycles. The van der Waals surface area contributed by atoms with Gasteiger partial charge in [0.15, 0.2) is 5.78 Å². The number of rotatable bonds is 3. The fraction of sp³-hybridized carbons (Fsp3) is 0.211. The van der Waals surface area contributed by atoms with Crippen molar-refractivity contribution in [2.75, 3.05) is 14.2 Å². The maximum Gasteiger partial charge on any atom is 0.189 e. The van der Waals surface area contributed by atoms with Crippen LogP contribution >= 0.6 is 0 Å². The second kappa shape index (κ2) is 6.06. The molecule has 1 aliphatic rings. The Balaban J connectivity index is 2.01. The molecule has 0 spiro atoms. The predicted octanol–water partition coefficient (Wildman–Crippen LogP) is 3.92. The Morgan fingerprint density at radius 2 is 1.82 bits per heavy atom. The van der Waals surface area contributed by atoms with Crippen LogP contribution in [0.25, 0.3) is 6.08 Å². The van der Waals surface area contributed by atoms with E-state index in [9.17, 15) is 4.79 Å². The molecule has 22 heavy (non-hydrogen) atoms. The summed E-state index contributed by atoms with van der Waals surface area (Å²) in [5, 5.41) is 0. The van der Waals surface area contributed by atoms with E-state index in [-0.39, 0.29) is 5.78 Å². The van der Waals surface area contributed by atoms with Crippen LogP contribution in [-0.2, 0) is 6.42 Å². The Morgan fingerprint density at radius 3 is 2.59 bits per heavy atom. The molecule has 3 nitrogen and oxygen atoms in total. The summed E-state index contributed by atoms with van der Waals surface area (Å²) in [5.74, 6) is 1.59. The highest BCUT2D eigenvalue weighted by molar-refractivity contribution is 6.13.